The highest BCUT2D eigenvalue weighted by atomic mass is 32.2. The number of benzene rings is 3. The number of carbonyl (C=O) groups excluding carboxylic acids is 3. The van der Waals surface area contributed by atoms with Crippen molar-refractivity contribution in [1.82, 2.24) is 4.98 Å². The number of esters is 2. The monoisotopic (exact) mass is 544 g/mol. The maximum absolute atomic E-state index is 13.4. The van der Waals surface area contributed by atoms with Crippen LogP contribution in [0.3, 0.4) is 0 Å². The molecule has 9 nitrogen and oxygen atoms in total. The molecule has 0 saturated heterocycles. The largest absolute Gasteiger partial charge is 0.506 e. The summed E-state index contributed by atoms with van der Waals surface area (Å²) < 4.78 is 15.4. The molecule has 10 heteroatoms. The third-order valence-electron chi connectivity index (χ3n) is 5.66. The van der Waals surface area contributed by atoms with Gasteiger partial charge in [-0.3, -0.25) is 4.79 Å². The molecule has 0 bridgehead atoms. The fourth-order valence-corrected chi connectivity index (χ4v) is 4.81. The Bertz CT molecular complexity index is 1670. The second-order valence-corrected chi connectivity index (χ2v) is 9.07. The van der Waals surface area contributed by atoms with Gasteiger partial charge in [0.15, 0.2) is 5.58 Å². The second-order valence-electron chi connectivity index (χ2n) is 8.08. The molecule has 1 amide bonds. The molecular weight excluding hydrogens is 520 g/mol. The standard InChI is InChI=1S/C29H24N2O7S/c1-5-9-20-19(6-2)25(32)21(15-24(20)39-29-31-22-10-7-8-11-23(22)38-29)26(33)30-18-13-16(27(34)36-3)12-17(14-18)28(35)37-4/h5-15,32H,1H2,2-4H3,(H,30,33). The number of aromatic nitrogens is 1. The summed E-state index contributed by atoms with van der Waals surface area (Å²) in [5.74, 6) is -2.35. The molecule has 0 spiro atoms. The Kier molecular flexibility index (Phi) is 8.16. The van der Waals surface area contributed by atoms with Crippen LogP contribution in [0.25, 0.3) is 23.3 Å². The smallest absolute Gasteiger partial charge is 0.337 e. The van der Waals surface area contributed by atoms with Gasteiger partial charge in [-0.2, -0.15) is 0 Å². The van der Waals surface area contributed by atoms with E-state index in [4.69, 9.17) is 13.9 Å². The van der Waals surface area contributed by atoms with E-state index in [0.717, 1.165) is 0 Å². The summed E-state index contributed by atoms with van der Waals surface area (Å²) in [7, 11) is 2.40. The zero-order valence-electron chi connectivity index (χ0n) is 21.3. The number of ether oxygens (including phenoxy) is 2. The summed E-state index contributed by atoms with van der Waals surface area (Å²) in [5, 5.41) is 15.1. The highest BCUT2D eigenvalue weighted by Gasteiger charge is 2.20. The van der Waals surface area contributed by atoms with Gasteiger partial charge in [-0.1, -0.05) is 36.9 Å². The van der Waals surface area contributed by atoms with Crippen molar-refractivity contribution in [2.45, 2.75) is 17.0 Å². The quantitative estimate of drug-likeness (QED) is 0.328. The molecule has 2 N–H and O–H groups in total. The van der Waals surface area contributed by atoms with Gasteiger partial charge in [0, 0.05) is 15.8 Å². The molecule has 0 atom stereocenters. The summed E-state index contributed by atoms with van der Waals surface area (Å²) in [6.07, 6.45) is 4.96. The molecule has 1 aromatic heterocycles. The number of phenols is 1. The van der Waals surface area contributed by atoms with Crippen LogP contribution < -0.4 is 15.8 Å². The number of para-hydroxylation sites is 2. The van der Waals surface area contributed by atoms with E-state index in [0.29, 0.717) is 31.7 Å². The summed E-state index contributed by atoms with van der Waals surface area (Å²) in [6, 6.07) is 12.8. The fraction of sp³-hybridized carbons (Fsp3) is 0.103. The molecular formula is C29H24N2O7S. The van der Waals surface area contributed by atoms with Crippen LogP contribution in [-0.4, -0.2) is 42.2 Å². The van der Waals surface area contributed by atoms with Crippen LogP contribution in [0.2, 0.25) is 0 Å². The molecule has 198 valence electrons. The number of phenolic OH excluding ortho intramolecular Hbond substituents is 1. The van der Waals surface area contributed by atoms with Crippen LogP contribution in [0.15, 0.2) is 75.7 Å². The predicted molar refractivity (Wildman–Crippen MR) is 147 cm³/mol. The number of oxazole rings is 1. The third kappa shape index (κ3) is 5.70. The van der Waals surface area contributed by atoms with E-state index in [1.807, 2.05) is 18.2 Å². The molecule has 39 heavy (non-hydrogen) atoms. The van der Waals surface area contributed by atoms with Gasteiger partial charge in [-0.25, -0.2) is 14.6 Å². The lowest BCUT2D eigenvalue weighted by atomic mass is 10.1. The number of fused-ring (bicyclic) bond motifs is 1. The Hall–Kier alpha value is -4.83. The van der Waals surface area contributed by atoms with Crippen molar-refractivity contribution in [3.63, 3.8) is 0 Å². The number of allylic oxidation sites excluding steroid dienone is 1. The Morgan fingerprint density at radius 1 is 1.03 bits per heavy atom. The van der Waals surface area contributed by atoms with E-state index in [2.05, 4.69) is 16.9 Å². The van der Waals surface area contributed by atoms with Crippen molar-refractivity contribution in [1.29, 1.82) is 0 Å². The van der Waals surface area contributed by atoms with E-state index in [1.54, 1.807) is 31.2 Å². The van der Waals surface area contributed by atoms with Crippen molar-refractivity contribution in [2.24, 2.45) is 0 Å². The molecule has 0 fully saturated rings. The van der Waals surface area contributed by atoms with Crippen LogP contribution in [0.4, 0.5) is 5.69 Å². The van der Waals surface area contributed by atoms with Crippen molar-refractivity contribution < 1.29 is 33.4 Å². The lowest BCUT2D eigenvalue weighted by Gasteiger charge is -2.12. The number of amides is 1. The van der Waals surface area contributed by atoms with Crippen molar-refractivity contribution >= 4 is 58.5 Å². The Labute approximate surface area is 227 Å². The molecule has 0 aliphatic carbocycles. The van der Waals surface area contributed by atoms with Crippen LogP contribution in [0.1, 0.15) is 38.0 Å². The molecule has 4 aromatic rings. The van der Waals surface area contributed by atoms with Gasteiger partial charge in [0.05, 0.1) is 30.9 Å². The zero-order chi connectivity index (χ0) is 28.1. The molecule has 4 rings (SSSR count). The van der Waals surface area contributed by atoms with Gasteiger partial charge in [0.25, 0.3) is 11.1 Å². The van der Waals surface area contributed by atoms with Crippen LogP contribution >= 0.6 is 11.8 Å². The number of nitrogens with zero attached hydrogens (tertiary/aromatic N) is 1. The Morgan fingerprint density at radius 2 is 1.69 bits per heavy atom. The van der Waals surface area contributed by atoms with Crippen LogP contribution in [0, 0.1) is 0 Å². The number of rotatable bonds is 7. The zero-order valence-corrected chi connectivity index (χ0v) is 22.1. The molecule has 3 aromatic carbocycles. The molecule has 0 radical (unpaired) electrons. The van der Waals surface area contributed by atoms with Crippen molar-refractivity contribution in [2.75, 3.05) is 19.5 Å². The summed E-state index contributed by atoms with van der Waals surface area (Å²) in [5.41, 5.74) is 1.43. The molecule has 1 heterocycles. The number of nitrogens with one attached hydrogen (secondary N) is 1. The topological polar surface area (TPSA) is 128 Å². The van der Waals surface area contributed by atoms with Crippen LogP contribution in [-0.2, 0) is 9.47 Å². The lowest BCUT2D eigenvalue weighted by Crippen LogP contribution is -2.29. The van der Waals surface area contributed by atoms with Gasteiger partial charge in [0.2, 0.25) is 0 Å². The molecule has 0 aliphatic heterocycles. The van der Waals surface area contributed by atoms with E-state index >= 15 is 0 Å². The van der Waals surface area contributed by atoms with Crippen molar-refractivity contribution in [3.05, 3.63) is 88.3 Å². The van der Waals surface area contributed by atoms with Crippen molar-refractivity contribution in [3.8, 4) is 5.75 Å². The highest BCUT2D eigenvalue weighted by molar-refractivity contribution is 7.99. The summed E-state index contributed by atoms with van der Waals surface area (Å²) in [4.78, 5) is 42.8. The van der Waals surface area contributed by atoms with Gasteiger partial charge in [-0.05, 0) is 60.3 Å². The summed E-state index contributed by atoms with van der Waals surface area (Å²) >= 11 is 1.18. The minimum atomic E-state index is -0.705. The number of anilines is 1. The normalized spacial score (nSPS) is 11.9. The Morgan fingerprint density at radius 3 is 2.28 bits per heavy atom. The number of methoxy groups -OCH3 is 2. The SMILES string of the molecule is C=CC=c1c(Sc2nc3ccccc3o2)cc(C(=O)Nc2cc(C(=O)OC)cc(C(=O)OC)c2)c(O)c1=CC. The predicted octanol–water partition coefficient (Wildman–Crippen LogP) is 4.28. The molecule has 0 saturated carbocycles. The first-order chi connectivity index (χ1) is 18.8. The van der Waals surface area contributed by atoms with E-state index in [-0.39, 0.29) is 28.1 Å². The van der Waals surface area contributed by atoms with E-state index in [1.165, 1.54) is 50.2 Å². The molecule has 0 aliphatic rings. The van der Waals surface area contributed by atoms with Crippen LogP contribution in [0.5, 0.6) is 5.75 Å². The lowest BCUT2D eigenvalue weighted by molar-refractivity contribution is 0.0598. The van der Waals surface area contributed by atoms with Gasteiger partial charge in [-0.15, -0.1) is 0 Å². The van der Waals surface area contributed by atoms with E-state index in [9.17, 15) is 19.5 Å². The summed E-state index contributed by atoms with van der Waals surface area (Å²) in [6.45, 7) is 5.49. The minimum Gasteiger partial charge on any atom is -0.506 e. The van der Waals surface area contributed by atoms with Gasteiger partial charge < -0.3 is 24.3 Å². The first-order valence-electron chi connectivity index (χ1n) is 11.6. The fourth-order valence-electron chi connectivity index (χ4n) is 3.88. The number of hydrogen-bond acceptors (Lipinski definition) is 9. The Balaban J connectivity index is 1.80. The highest BCUT2D eigenvalue weighted by Crippen LogP contribution is 2.30. The maximum Gasteiger partial charge on any atom is 0.337 e. The third-order valence-corrected chi connectivity index (χ3v) is 6.57. The second kappa shape index (κ2) is 11.7. The van der Waals surface area contributed by atoms with Gasteiger partial charge in [0.1, 0.15) is 11.3 Å². The molecule has 0 unspecified atom stereocenters. The number of carbonyl (C=O) groups is 3. The van der Waals surface area contributed by atoms with Gasteiger partial charge >= 0.3 is 11.9 Å². The average Bonchev–Trinajstić information content (AvgIpc) is 3.35. The number of aromatic hydroxyl groups is 1. The first-order valence-corrected chi connectivity index (χ1v) is 12.4. The number of hydrogen-bond donors (Lipinski definition) is 2. The first kappa shape index (κ1) is 27.2. The van der Waals surface area contributed by atoms with E-state index < -0.39 is 17.8 Å². The minimum absolute atomic E-state index is 0.0330. The average molecular weight is 545 g/mol. The maximum atomic E-state index is 13.4.